The first kappa shape index (κ1) is 18.6. The minimum absolute atomic E-state index is 0.632. The Morgan fingerprint density at radius 2 is 1.61 bits per heavy atom. The molecule has 0 spiro atoms. The number of ether oxygens (including phenoxy) is 1. The normalized spacial score (nSPS) is 14.0. The molecular weight excluding hydrogens is 362 g/mol. The Morgan fingerprint density at radius 1 is 0.893 bits per heavy atom. The van der Waals surface area contributed by atoms with E-state index in [1.165, 1.54) is 28.9 Å². The van der Waals surface area contributed by atoms with Crippen LogP contribution in [0, 0.1) is 0 Å². The van der Waals surface area contributed by atoms with E-state index in [0.717, 1.165) is 23.4 Å². The van der Waals surface area contributed by atoms with Gasteiger partial charge in [-0.2, -0.15) is 0 Å². The van der Waals surface area contributed by atoms with E-state index in [4.69, 9.17) is 9.73 Å². The number of hydrogen-bond acceptors (Lipinski definition) is 3. The van der Waals surface area contributed by atoms with E-state index in [1.54, 1.807) is 11.8 Å². The molecule has 28 heavy (non-hydrogen) atoms. The van der Waals surface area contributed by atoms with Gasteiger partial charge in [-0.15, -0.1) is 0 Å². The van der Waals surface area contributed by atoms with E-state index in [9.17, 15) is 0 Å². The third kappa shape index (κ3) is 4.73. The second-order valence-corrected chi connectivity index (χ2v) is 7.81. The Bertz CT molecular complexity index is 994. The van der Waals surface area contributed by atoms with E-state index >= 15 is 0 Å². The summed E-state index contributed by atoms with van der Waals surface area (Å²) in [4.78, 5) is 6.05. The van der Waals surface area contributed by atoms with Crippen molar-refractivity contribution >= 4 is 23.3 Å². The predicted octanol–water partition coefficient (Wildman–Crippen LogP) is 6.98. The molecule has 0 aromatic heterocycles. The number of hydrogen-bond donors (Lipinski definition) is 0. The van der Waals surface area contributed by atoms with Crippen molar-refractivity contribution in [1.29, 1.82) is 0 Å². The number of para-hydroxylation sites is 1. The smallest absolute Gasteiger partial charge is 0.223 e. The molecule has 0 bridgehead atoms. The lowest BCUT2D eigenvalue weighted by atomic mass is 10.1. The van der Waals surface area contributed by atoms with Crippen LogP contribution in [-0.4, -0.2) is 5.90 Å². The molecule has 2 nitrogen and oxygen atoms in total. The van der Waals surface area contributed by atoms with Crippen LogP contribution in [0.4, 0.5) is 5.69 Å². The molecule has 4 rings (SSSR count). The van der Waals surface area contributed by atoms with Crippen LogP contribution in [0.2, 0.25) is 0 Å². The zero-order chi connectivity index (χ0) is 19.2. The van der Waals surface area contributed by atoms with E-state index in [2.05, 4.69) is 35.7 Å². The fourth-order valence-corrected chi connectivity index (χ4v) is 3.97. The number of rotatable bonds is 5. The Balaban J connectivity index is 1.63. The summed E-state index contributed by atoms with van der Waals surface area (Å²) in [5.74, 6) is 1.42. The zero-order valence-electron chi connectivity index (χ0n) is 16.0. The van der Waals surface area contributed by atoms with Gasteiger partial charge in [-0.1, -0.05) is 54.2 Å². The van der Waals surface area contributed by atoms with E-state index < -0.39 is 0 Å². The summed E-state index contributed by atoms with van der Waals surface area (Å²) in [6, 6.07) is 26.7. The van der Waals surface area contributed by atoms with Crippen LogP contribution in [-0.2, 0) is 12.8 Å². The topological polar surface area (TPSA) is 21.6 Å². The van der Waals surface area contributed by atoms with Crippen molar-refractivity contribution in [3.63, 3.8) is 0 Å². The molecule has 3 heteroatoms. The van der Waals surface area contributed by atoms with Crippen molar-refractivity contribution in [2.45, 2.75) is 31.1 Å². The van der Waals surface area contributed by atoms with Gasteiger partial charge in [0.2, 0.25) is 5.90 Å². The van der Waals surface area contributed by atoms with Gasteiger partial charge < -0.3 is 4.74 Å². The maximum Gasteiger partial charge on any atom is 0.223 e. The van der Waals surface area contributed by atoms with Crippen LogP contribution < -0.4 is 4.74 Å². The third-order valence-electron chi connectivity index (χ3n) is 4.72. The lowest BCUT2D eigenvalue weighted by Crippen LogP contribution is -2.09. The monoisotopic (exact) mass is 385 g/mol. The fraction of sp³-hybridized carbons (Fsp3) is 0.160. The van der Waals surface area contributed by atoms with E-state index in [0.29, 0.717) is 5.90 Å². The van der Waals surface area contributed by atoms with Gasteiger partial charge >= 0.3 is 0 Å². The highest BCUT2D eigenvalue weighted by molar-refractivity contribution is 8.02. The summed E-state index contributed by atoms with van der Waals surface area (Å²) in [5.41, 5.74) is 4.82. The summed E-state index contributed by atoms with van der Waals surface area (Å²) in [7, 11) is 0. The largest absolute Gasteiger partial charge is 0.439 e. The summed E-state index contributed by atoms with van der Waals surface area (Å²) < 4.78 is 6.16. The number of aryl methyl sites for hydroxylation is 2. The van der Waals surface area contributed by atoms with Crippen LogP contribution in [0.5, 0.6) is 5.75 Å². The summed E-state index contributed by atoms with van der Waals surface area (Å²) in [6.07, 6.45) is 3.56. The average molecular weight is 386 g/mol. The SMILES string of the molecule is CC(=C\Sc1ccccc1)/C(=N\c1ccc2c(c1)CCC2)Oc1ccccc1. The first-order valence-electron chi connectivity index (χ1n) is 9.60. The molecule has 140 valence electrons. The summed E-state index contributed by atoms with van der Waals surface area (Å²) in [6.45, 7) is 2.05. The average Bonchev–Trinajstić information content (AvgIpc) is 3.21. The molecule has 1 aliphatic carbocycles. The molecule has 0 saturated carbocycles. The second-order valence-electron chi connectivity index (χ2n) is 6.87. The van der Waals surface area contributed by atoms with Crippen LogP contribution in [0.15, 0.2) is 99.7 Å². The van der Waals surface area contributed by atoms with Gasteiger partial charge in [0.1, 0.15) is 5.75 Å². The Morgan fingerprint density at radius 3 is 2.39 bits per heavy atom. The lowest BCUT2D eigenvalue weighted by molar-refractivity contribution is 0.551. The molecule has 0 fully saturated rings. The van der Waals surface area contributed by atoms with Crippen molar-refractivity contribution in [2.75, 3.05) is 0 Å². The molecule has 0 radical (unpaired) electrons. The van der Waals surface area contributed by atoms with Crippen LogP contribution in [0.1, 0.15) is 24.5 Å². The second kappa shape index (κ2) is 8.94. The number of nitrogens with zero attached hydrogens (tertiary/aromatic N) is 1. The van der Waals surface area contributed by atoms with Gasteiger partial charge in [0.15, 0.2) is 0 Å². The summed E-state index contributed by atoms with van der Waals surface area (Å²) >= 11 is 1.68. The zero-order valence-corrected chi connectivity index (χ0v) is 16.8. The minimum Gasteiger partial charge on any atom is -0.439 e. The quantitative estimate of drug-likeness (QED) is 0.268. The van der Waals surface area contributed by atoms with Gasteiger partial charge in [-0.05, 0) is 79.1 Å². The van der Waals surface area contributed by atoms with E-state index in [-0.39, 0.29) is 0 Å². The molecule has 0 atom stereocenters. The van der Waals surface area contributed by atoms with Crippen LogP contribution in [0.25, 0.3) is 0 Å². The molecular formula is C25H23NOS. The number of fused-ring (bicyclic) bond motifs is 1. The Hall–Kier alpha value is -2.78. The van der Waals surface area contributed by atoms with Crippen molar-refractivity contribution < 1.29 is 4.74 Å². The molecule has 0 amide bonds. The highest BCUT2D eigenvalue weighted by atomic mass is 32.2. The number of aliphatic imine (C=N–C) groups is 1. The lowest BCUT2D eigenvalue weighted by Gasteiger charge is -2.10. The number of benzene rings is 3. The van der Waals surface area contributed by atoms with Gasteiger partial charge in [-0.25, -0.2) is 4.99 Å². The molecule has 0 unspecified atom stereocenters. The van der Waals surface area contributed by atoms with Crippen molar-refractivity contribution in [1.82, 2.24) is 0 Å². The first-order valence-corrected chi connectivity index (χ1v) is 10.5. The molecule has 1 aliphatic rings. The van der Waals surface area contributed by atoms with Crippen molar-refractivity contribution in [2.24, 2.45) is 4.99 Å². The maximum atomic E-state index is 6.16. The van der Waals surface area contributed by atoms with Gasteiger partial charge in [0.05, 0.1) is 5.69 Å². The first-order chi connectivity index (χ1) is 13.8. The van der Waals surface area contributed by atoms with E-state index in [1.807, 2.05) is 55.5 Å². The van der Waals surface area contributed by atoms with Gasteiger partial charge in [0, 0.05) is 10.5 Å². The van der Waals surface area contributed by atoms with Crippen LogP contribution >= 0.6 is 11.8 Å². The third-order valence-corrected chi connectivity index (χ3v) is 5.74. The molecule has 0 N–H and O–H groups in total. The number of thioether (sulfide) groups is 1. The molecule has 0 heterocycles. The molecule has 0 saturated heterocycles. The summed E-state index contributed by atoms with van der Waals surface area (Å²) in [5, 5.41) is 2.10. The Labute approximate surface area is 171 Å². The maximum absolute atomic E-state index is 6.16. The highest BCUT2D eigenvalue weighted by Gasteiger charge is 2.12. The molecule has 3 aromatic carbocycles. The van der Waals surface area contributed by atoms with Crippen molar-refractivity contribution in [3.05, 3.63) is 101 Å². The highest BCUT2D eigenvalue weighted by Crippen LogP contribution is 2.28. The van der Waals surface area contributed by atoms with Crippen LogP contribution in [0.3, 0.4) is 0 Å². The predicted molar refractivity (Wildman–Crippen MR) is 119 cm³/mol. The minimum atomic E-state index is 0.632. The fourth-order valence-electron chi connectivity index (χ4n) is 3.24. The molecule has 0 aliphatic heterocycles. The van der Waals surface area contributed by atoms with Gasteiger partial charge in [-0.3, -0.25) is 0 Å². The van der Waals surface area contributed by atoms with Gasteiger partial charge in [0.25, 0.3) is 0 Å². The Kier molecular flexibility index (Phi) is 5.93. The standard InChI is InChI=1S/C25H23NOS/c1-19(18-28-24-13-6-3-7-14-24)25(27-23-11-4-2-5-12-23)26-22-16-15-20-9-8-10-21(20)17-22/h2-7,11-18H,8-10H2,1H3/b19-18+,26-25+. The van der Waals surface area contributed by atoms with Crippen molar-refractivity contribution in [3.8, 4) is 5.75 Å². The molecule has 3 aromatic rings.